The molecular weight excluding hydrogens is 443 g/mol. The Kier molecular flexibility index (Phi) is 6.49. The normalized spacial score (nSPS) is 16.6. The monoisotopic (exact) mass is 472 g/mol. The number of nitrogens with one attached hydrogen (secondary N) is 1. The first-order chi connectivity index (χ1) is 17.0. The number of anilines is 2. The van der Waals surface area contributed by atoms with Crippen LogP contribution in [0, 0.1) is 18.7 Å². The second-order valence-corrected chi connectivity index (χ2v) is 9.37. The lowest BCUT2D eigenvalue weighted by atomic mass is 9.89. The van der Waals surface area contributed by atoms with E-state index in [0.29, 0.717) is 32.1 Å². The van der Waals surface area contributed by atoms with Gasteiger partial charge in [-0.25, -0.2) is 4.39 Å². The summed E-state index contributed by atoms with van der Waals surface area (Å²) in [7, 11) is 0. The summed E-state index contributed by atoms with van der Waals surface area (Å²) in [6.45, 7) is 4.58. The van der Waals surface area contributed by atoms with Crippen molar-refractivity contribution in [3.8, 4) is 0 Å². The van der Waals surface area contributed by atoms with Crippen molar-refractivity contribution >= 4 is 23.2 Å². The second kappa shape index (κ2) is 9.86. The predicted molar refractivity (Wildman–Crippen MR) is 134 cm³/mol. The molecule has 2 aliphatic rings. The molecule has 0 aliphatic carbocycles. The van der Waals surface area contributed by atoms with Crippen LogP contribution in [0.4, 0.5) is 15.8 Å². The molecular formula is C28H29FN4O2. The summed E-state index contributed by atoms with van der Waals surface area (Å²) in [5, 5.41) is 3.04. The fraction of sp³-hybridized carbons (Fsp3) is 0.321. The van der Waals surface area contributed by atoms with E-state index >= 15 is 0 Å². The average Bonchev–Trinajstić information content (AvgIpc) is 2.85. The molecule has 3 aromatic rings. The van der Waals surface area contributed by atoms with Gasteiger partial charge in [-0.2, -0.15) is 0 Å². The standard InChI is InChI=1S/C28H29FN4O2/c1-19-26(7-4-14-30-19)33-17-22(18-33)27(34)31-23-10-8-20(9-11-23)21-12-15-32(16-13-21)28(35)24-5-2-3-6-25(24)29/h2-11,14,21-22H,12-13,15-18H2,1H3,(H,31,34). The third kappa shape index (κ3) is 4.90. The largest absolute Gasteiger partial charge is 0.368 e. The Labute approximate surface area is 204 Å². The molecule has 3 heterocycles. The molecule has 0 saturated carbocycles. The van der Waals surface area contributed by atoms with Gasteiger partial charge in [0.15, 0.2) is 0 Å². The number of carbonyl (C=O) groups is 2. The first-order valence-corrected chi connectivity index (χ1v) is 12.1. The van der Waals surface area contributed by atoms with Crippen LogP contribution in [0.15, 0.2) is 66.9 Å². The Morgan fingerprint density at radius 3 is 2.37 bits per heavy atom. The molecule has 6 nitrogen and oxygen atoms in total. The Morgan fingerprint density at radius 2 is 1.69 bits per heavy atom. The first kappa shape index (κ1) is 23.0. The zero-order valence-corrected chi connectivity index (χ0v) is 19.8. The van der Waals surface area contributed by atoms with Crippen LogP contribution in [0.2, 0.25) is 0 Å². The van der Waals surface area contributed by atoms with Crippen molar-refractivity contribution in [3.63, 3.8) is 0 Å². The Balaban J connectivity index is 1.11. The zero-order chi connectivity index (χ0) is 24.4. The van der Waals surface area contributed by atoms with E-state index in [1.807, 2.05) is 31.2 Å². The molecule has 1 aromatic heterocycles. The molecule has 0 radical (unpaired) electrons. The molecule has 5 rings (SSSR count). The van der Waals surface area contributed by atoms with Gasteiger partial charge in [0.1, 0.15) is 5.82 Å². The van der Waals surface area contributed by atoms with Crippen LogP contribution >= 0.6 is 0 Å². The number of nitrogens with zero attached hydrogens (tertiary/aromatic N) is 3. The average molecular weight is 473 g/mol. The third-order valence-electron chi connectivity index (χ3n) is 7.11. The van der Waals surface area contributed by atoms with Crippen LogP contribution < -0.4 is 10.2 Å². The fourth-order valence-corrected chi connectivity index (χ4v) is 4.95. The molecule has 2 amide bonds. The SMILES string of the molecule is Cc1ncccc1N1CC(C(=O)Nc2ccc(C3CCN(C(=O)c4ccccc4F)CC3)cc2)C1. The van der Waals surface area contributed by atoms with Gasteiger partial charge in [-0.15, -0.1) is 0 Å². The molecule has 180 valence electrons. The van der Waals surface area contributed by atoms with Gasteiger partial charge in [0.05, 0.1) is 22.9 Å². The summed E-state index contributed by atoms with van der Waals surface area (Å²) < 4.78 is 14.0. The third-order valence-corrected chi connectivity index (χ3v) is 7.11. The highest BCUT2D eigenvalue weighted by molar-refractivity contribution is 5.95. The zero-order valence-electron chi connectivity index (χ0n) is 19.8. The number of piperidine rings is 1. The molecule has 35 heavy (non-hydrogen) atoms. The topological polar surface area (TPSA) is 65.5 Å². The van der Waals surface area contributed by atoms with E-state index in [0.717, 1.165) is 29.9 Å². The van der Waals surface area contributed by atoms with Crippen LogP contribution in [-0.2, 0) is 4.79 Å². The number of aryl methyl sites for hydroxylation is 1. The molecule has 2 saturated heterocycles. The minimum absolute atomic E-state index is 0.0365. The van der Waals surface area contributed by atoms with Crippen molar-refractivity contribution in [2.45, 2.75) is 25.7 Å². The summed E-state index contributed by atoms with van der Waals surface area (Å²) in [6, 6.07) is 18.1. The highest BCUT2D eigenvalue weighted by atomic mass is 19.1. The van der Waals surface area contributed by atoms with E-state index in [2.05, 4.69) is 27.3 Å². The van der Waals surface area contributed by atoms with Gasteiger partial charge >= 0.3 is 0 Å². The van der Waals surface area contributed by atoms with Crippen molar-refractivity contribution in [2.24, 2.45) is 5.92 Å². The Morgan fingerprint density at radius 1 is 0.971 bits per heavy atom. The fourth-order valence-electron chi connectivity index (χ4n) is 4.95. The number of halogens is 1. The maximum Gasteiger partial charge on any atom is 0.256 e. The summed E-state index contributed by atoms with van der Waals surface area (Å²) in [6.07, 6.45) is 3.44. The van der Waals surface area contributed by atoms with Crippen LogP contribution in [0.1, 0.15) is 40.4 Å². The smallest absolute Gasteiger partial charge is 0.256 e. The van der Waals surface area contributed by atoms with Crippen LogP contribution in [0.3, 0.4) is 0 Å². The van der Waals surface area contributed by atoms with E-state index in [1.54, 1.807) is 23.2 Å². The molecule has 2 fully saturated rings. The molecule has 1 N–H and O–H groups in total. The van der Waals surface area contributed by atoms with Crippen LogP contribution in [0.25, 0.3) is 0 Å². The Hall–Kier alpha value is -3.74. The number of pyridine rings is 1. The predicted octanol–water partition coefficient (Wildman–Crippen LogP) is 4.62. The van der Waals surface area contributed by atoms with Crippen molar-refractivity contribution < 1.29 is 14.0 Å². The lowest BCUT2D eigenvalue weighted by Gasteiger charge is -2.40. The number of aromatic nitrogens is 1. The number of carbonyl (C=O) groups excluding carboxylic acids is 2. The molecule has 0 bridgehead atoms. The first-order valence-electron chi connectivity index (χ1n) is 12.1. The van der Waals surface area contributed by atoms with Gasteiger partial charge < -0.3 is 15.1 Å². The van der Waals surface area contributed by atoms with Crippen molar-refractivity contribution in [1.29, 1.82) is 0 Å². The van der Waals surface area contributed by atoms with Gasteiger partial charge in [0, 0.05) is 38.1 Å². The summed E-state index contributed by atoms with van der Waals surface area (Å²) in [5.41, 5.74) is 4.19. The number of benzene rings is 2. The number of hydrogen-bond acceptors (Lipinski definition) is 4. The van der Waals surface area contributed by atoms with Crippen LogP contribution in [0.5, 0.6) is 0 Å². The Bertz CT molecular complexity index is 1220. The van der Waals surface area contributed by atoms with E-state index in [-0.39, 0.29) is 23.3 Å². The molecule has 2 aliphatic heterocycles. The highest BCUT2D eigenvalue weighted by Gasteiger charge is 2.33. The van der Waals surface area contributed by atoms with E-state index < -0.39 is 5.82 Å². The summed E-state index contributed by atoms with van der Waals surface area (Å²) in [4.78, 5) is 33.6. The minimum Gasteiger partial charge on any atom is -0.368 e. The molecule has 0 atom stereocenters. The van der Waals surface area contributed by atoms with Gasteiger partial charge in [-0.1, -0.05) is 24.3 Å². The maximum atomic E-state index is 14.0. The summed E-state index contributed by atoms with van der Waals surface area (Å²) in [5.74, 6) is -0.375. The minimum atomic E-state index is -0.473. The molecule has 0 spiro atoms. The lowest BCUT2D eigenvalue weighted by Crippen LogP contribution is -2.52. The molecule has 7 heteroatoms. The second-order valence-electron chi connectivity index (χ2n) is 9.37. The quantitative estimate of drug-likeness (QED) is 0.588. The van der Waals surface area contributed by atoms with Gasteiger partial charge in [0.25, 0.3) is 5.91 Å². The van der Waals surface area contributed by atoms with Gasteiger partial charge in [0.2, 0.25) is 5.91 Å². The van der Waals surface area contributed by atoms with Crippen molar-refractivity contribution in [3.05, 3.63) is 89.5 Å². The lowest BCUT2D eigenvalue weighted by molar-refractivity contribution is -0.120. The number of amides is 2. The van der Waals surface area contributed by atoms with Gasteiger partial charge in [-0.3, -0.25) is 14.6 Å². The van der Waals surface area contributed by atoms with Crippen molar-refractivity contribution in [1.82, 2.24) is 9.88 Å². The highest BCUT2D eigenvalue weighted by Crippen LogP contribution is 2.31. The van der Waals surface area contributed by atoms with Gasteiger partial charge in [-0.05, 0) is 67.6 Å². The number of likely N-dealkylation sites (tertiary alicyclic amines) is 1. The summed E-state index contributed by atoms with van der Waals surface area (Å²) >= 11 is 0. The van der Waals surface area contributed by atoms with E-state index in [1.165, 1.54) is 17.7 Å². The molecule has 2 aromatic carbocycles. The van der Waals surface area contributed by atoms with Crippen molar-refractivity contribution in [2.75, 3.05) is 36.4 Å². The number of rotatable bonds is 5. The van der Waals surface area contributed by atoms with E-state index in [4.69, 9.17) is 0 Å². The number of hydrogen-bond donors (Lipinski definition) is 1. The maximum absolute atomic E-state index is 14.0. The van der Waals surface area contributed by atoms with Crippen LogP contribution in [-0.4, -0.2) is 47.9 Å². The van der Waals surface area contributed by atoms with E-state index in [9.17, 15) is 14.0 Å². The molecule has 0 unspecified atom stereocenters.